The van der Waals surface area contributed by atoms with Crippen molar-refractivity contribution in [2.45, 2.75) is 25.9 Å². The molecule has 0 unspecified atom stereocenters. The first-order valence-corrected chi connectivity index (χ1v) is 9.10. The van der Waals surface area contributed by atoms with Crippen LogP contribution in [0.1, 0.15) is 44.3 Å². The highest BCUT2D eigenvalue weighted by Crippen LogP contribution is 2.18. The van der Waals surface area contributed by atoms with Crippen LogP contribution in [0.25, 0.3) is 0 Å². The number of rotatable bonds is 5. The fraction of sp³-hybridized carbons (Fsp3) is 0.200. The third-order valence-corrected chi connectivity index (χ3v) is 4.87. The topological polar surface area (TPSA) is 76.9 Å². The molecule has 1 amide bonds. The Labute approximate surface area is 161 Å². The van der Waals surface area contributed by atoms with Crippen molar-refractivity contribution in [1.29, 1.82) is 0 Å². The van der Waals surface area contributed by atoms with E-state index in [9.17, 15) is 9.59 Å². The van der Waals surface area contributed by atoms with Crippen LogP contribution >= 0.6 is 11.6 Å². The predicted octanol–water partition coefficient (Wildman–Crippen LogP) is 3.04. The molecule has 0 spiro atoms. The minimum absolute atomic E-state index is 0.221. The van der Waals surface area contributed by atoms with Crippen LogP contribution in [0.15, 0.2) is 48.5 Å². The highest BCUT2D eigenvalue weighted by atomic mass is 35.5. The summed E-state index contributed by atoms with van der Waals surface area (Å²) in [5, 5.41) is 11.7. The van der Waals surface area contributed by atoms with E-state index in [1.54, 1.807) is 48.5 Å². The van der Waals surface area contributed by atoms with E-state index in [0.29, 0.717) is 21.7 Å². The van der Waals surface area contributed by atoms with Gasteiger partial charge in [-0.1, -0.05) is 29.8 Å². The number of halogens is 1. The Morgan fingerprint density at radius 3 is 2.56 bits per heavy atom. The number of hydrogen-bond acceptors (Lipinski definition) is 4. The lowest BCUT2D eigenvalue weighted by Gasteiger charge is -2.10. The van der Waals surface area contributed by atoms with Gasteiger partial charge in [0.1, 0.15) is 5.82 Å². The molecule has 4 rings (SSSR count). The molecule has 2 heterocycles. The van der Waals surface area contributed by atoms with Gasteiger partial charge in [-0.3, -0.25) is 9.59 Å². The summed E-state index contributed by atoms with van der Waals surface area (Å²) in [4.78, 5) is 25.5. The van der Waals surface area contributed by atoms with Crippen molar-refractivity contribution in [3.8, 4) is 0 Å². The first kappa shape index (κ1) is 17.4. The summed E-state index contributed by atoms with van der Waals surface area (Å²) in [6.07, 6.45) is 1.96. The number of aryl methyl sites for hydroxylation is 1. The average molecular weight is 381 g/mol. The standard InChI is InChI=1S/C20H17ClN4O2/c21-14-9-7-13(8-10-14)19(26)15-4-1-2-5-16(15)20(27)22-12-18-24-23-17-6-3-11-25(17)18/h1-2,4-5,7-10H,3,6,11-12H2,(H,22,27). The van der Waals surface area contributed by atoms with Crippen molar-refractivity contribution in [1.82, 2.24) is 20.1 Å². The molecule has 1 aliphatic heterocycles. The first-order valence-electron chi connectivity index (χ1n) is 8.72. The normalized spacial score (nSPS) is 12.6. The molecule has 2 aromatic carbocycles. The molecular formula is C20H17ClN4O2. The van der Waals surface area contributed by atoms with Gasteiger partial charge in [-0.15, -0.1) is 10.2 Å². The third kappa shape index (κ3) is 3.48. The van der Waals surface area contributed by atoms with Crippen molar-refractivity contribution in [3.05, 3.63) is 81.9 Å². The van der Waals surface area contributed by atoms with Crippen molar-refractivity contribution in [2.24, 2.45) is 0 Å². The summed E-state index contributed by atoms with van der Waals surface area (Å²) < 4.78 is 2.03. The van der Waals surface area contributed by atoms with Gasteiger partial charge in [0.15, 0.2) is 11.6 Å². The fourth-order valence-electron chi connectivity index (χ4n) is 3.23. The lowest BCUT2D eigenvalue weighted by molar-refractivity contribution is 0.0938. The van der Waals surface area contributed by atoms with Crippen LogP contribution < -0.4 is 5.32 Å². The Bertz CT molecular complexity index is 1010. The van der Waals surface area contributed by atoms with E-state index in [-0.39, 0.29) is 18.2 Å². The number of carbonyl (C=O) groups excluding carboxylic acids is 2. The number of nitrogens with zero attached hydrogens (tertiary/aromatic N) is 3. The van der Waals surface area contributed by atoms with Gasteiger partial charge in [-0.05, 0) is 36.8 Å². The Morgan fingerprint density at radius 1 is 1.04 bits per heavy atom. The second kappa shape index (κ2) is 7.32. The van der Waals surface area contributed by atoms with Gasteiger partial charge in [-0.25, -0.2) is 0 Å². The molecule has 0 radical (unpaired) electrons. The minimum Gasteiger partial charge on any atom is -0.345 e. The zero-order valence-corrected chi connectivity index (χ0v) is 15.2. The summed E-state index contributed by atoms with van der Waals surface area (Å²) in [6.45, 7) is 1.15. The van der Waals surface area contributed by atoms with Gasteiger partial charge in [0, 0.05) is 29.1 Å². The zero-order chi connectivity index (χ0) is 18.8. The monoisotopic (exact) mass is 380 g/mol. The summed E-state index contributed by atoms with van der Waals surface area (Å²) >= 11 is 5.89. The molecule has 0 fully saturated rings. The molecule has 6 nitrogen and oxygen atoms in total. The van der Waals surface area contributed by atoms with Crippen molar-refractivity contribution < 1.29 is 9.59 Å². The summed E-state index contributed by atoms with van der Waals surface area (Å²) in [5.74, 6) is 1.15. The molecular weight excluding hydrogens is 364 g/mol. The molecule has 1 aliphatic rings. The summed E-state index contributed by atoms with van der Waals surface area (Å²) in [6, 6.07) is 13.4. The van der Waals surface area contributed by atoms with Gasteiger partial charge < -0.3 is 9.88 Å². The molecule has 3 aromatic rings. The lowest BCUT2D eigenvalue weighted by atomic mass is 9.98. The fourth-order valence-corrected chi connectivity index (χ4v) is 3.36. The third-order valence-electron chi connectivity index (χ3n) is 4.62. The Hall–Kier alpha value is -2.99. The SMILES string of the molecule is O=C(NCc1nnc2n1CCC2)c1ccccc1C(=O)c1ccc(Cl)cc1. The summed E-state index contributed by atoms with van der Waals surface area (Å²) in [5.41, 5.74) is 1.16. The quantitative estimate of drug-likeness (QED) is 0.690. The number of benzene rings is 2. The highest BCUT2D eigenvalue weighted by Gasteiger charge is 2.20. The van der Waals surface area contributed by atoms with Crippen LogP contribution in [-0.2, 0) is 19.5 Å². The maximum Gasteiger partial charge on any atom is 0.252 e. The molecule has 0 saturated heterocycles. The van der Waals surface area contributed by atoms with Crippen molar-refractivity contribution in [3.63, 3.8) is 0 Å². The second-order valence-corrected chi connectivity index (χ2v) is 6.79. The Kier molecular flexibility index (Phi) is 4.73. The van der Waals surface area contributed by atoms with Crippen LogP contribution in [0, 0.1) is 0 Å². The van der Waals surface area contributed by atoms with Crippen LogP contribution in [0.2, 0.25) is 5.02 Å². The van der Waals surface area contributed by atoms with Gasteiger partial charge in [-0.2, -0.15) is 0 Å². The number of hydrogen-bond donors (Lipinski definition) is 1. The van der Waals surface area contributed by atoms with E-state index >= 15 is 0 Å². The van der Waals surface area contributed by atoms with Gasteiger partial charge >= 0.3 is 0 Å². The number of nitrogens with one attached hydrogen (secondary N) is 1. The van der Waals surface area contributed by atoms with E-state index in [4.69, 9.17) is 11.6 Å². The Balaban J connectivity index is 1.54. The van der Waals surface area contributed by atoms with E-state index in [0.717, 1.165) is 31.0 Å². The minimum atomic E-state index is -0.316. The second-order valence-electron chi connectivity index (χ2n) is 6.35. The van der Waals surface area contributed by atoms with Crippen molar-refractivity contribution in [2.75, 3.05) is 0 Å². The number of amides is 1. The zero-order valence-electron chi connectivity index (χ0n) is 14.5. The predicted molar refractivity (Wildman–Crippen MR) is 101 cm³/mol. The molecule has 0 atom stereocenters. The number of ketones is 1. The highest BCUT2D eigenvalue weighted by molar-refractivity contribution is 6.30. The molecule has 7 heteroatoms. The van der Waals surface area contributed by atoms with Crippen LogP contribution in [0.4, 0.5) is 0 Å². The van der Waals surface area contributed by atoms with E-state index in [1.807, 2.05) is 4.57 Å². The van der Waals surface area contributed by atoms with Gasteiger partial charge in [0.25, 0.3) is 5.91 Å². The molecule has 0 bridgehead atoms. The molecule has 136 valence electrons. The molecule has 27 heavy (non-hydrogen) atoms. The number of fused-ring (bicyclic) bond motifs is 1. The maximum atomic E-state index is 12.8. The largest absolute Gasteiger partial charge is 0.345 e. The van der Waals surface area contributed by atoms with E-state index in [1.165, 1.54) is 0 Å². The first-order chi connectivity index (χ1) is 13.1. The lowest BCUT2D eigenvalue weighted by Crippen LogP contribution is -2.26. The summed E-state index contributed by atoms with van der Waals surface area (Å²) in [7, 11) is 0. The van der Waals surface area contributed by atoms with Gasteiger partial charge in [0.05, 0.1) is 12.1 Å². The van der Waals surface area contributed by atoms with Crippen LogP contribution in [-0.4, -0.2) is 26.5 Å². The van der Waals surface area contributed by atoms with Gasteiger partial charge in [0.2, 0.25) is 0 Å². The van der Waals surface area contributed by atoms with Crippen LogP contribution in [0.3, 0.4) is 0 Å². The number of aromatic nitrogens is 3. The maximum absolute atomic E-state index is 12.8. The smallest absolute Gasteiger partial charge is 0.252 e. The molecule has 1 aromatic heterocycles. The van der Waals surface area contributed by atoms with E-state index < -0.39 is 0 Å². The van der Waals surface area contributed by atoms with E-state index in [2.05, 4.69) is 15.5 Å². The molecule has 0 saturated carbocycles. The number of carbonyl (C=O) groups is 2. The molecule has 0 aliphatic carbocycles. The van der Waals surface area contributed by atoms with Crippen LogP contribution in [0.5, 0.6) is 0 Å². The Morgan fingerprint density at radius 2 is 1.78 bits per heavy atom. The molecule has 1 N–H and O–H groups in total. The average Bonchev–Trinajstić information content (AvgIpc) is 3.30. The van der Waals surface area contributed by atoms with Crippen molar-refractivity contribution >= 4 is 23.3 Å².